The van der Waals surface area contributed by atoms with Crippen molar-refractivity contribution in [3.05, 3.63) is 58.6 Å². The number of nitrogens with one attached hydrogen (secondary N) is 2. The van der Waals surface area contributed by atoms with Crippen molar-refractivity contribution in [2.24, 2.45) is 0 Å². The number of halogens is 1. The number of carbonyl (C=O) groups excluding carboxylic acids is 2. The Morgan fingerprint density at radius 2 is 1.92 bits per heavy atom. The van der Waals surface area contributed by atoms with Crippen LogP contribution in [0.1, 0.15) is 36.2 Å². The Kier molecular flexibility index (Phi) is 7.04. The maximum atomic E-state index is 12.4. The van der Waals surface area contributed by atoms with Crippen molar-refractivity contribution >= 4 is 29.1 Å². The molecule has 1 unspecified atom stereocenters. The van der Waals surface area contributed by atoms with E-state index in [2.05, 4.69) is 10.6 Å². The van der Waals surface area contributed by atoms with Gasteiger partial charge >= 0.3 is 0 Å². The van der Waals surface area contributed by atoms with Gasteiger partial charge in [0.05, 0.1) is 11.3 Å². The summed E-state index contributed by atoms with van der Waals surface area (Å²) in [6, 6.07) is 12.1. The van der Waals surface area contributed by atoms with E-state index in [-0.39, 0.29) is 24.5 Å². The van der Waals surface area contributed by atoms with Gasteiger partial charge in [0.2, 0.25) is 0 Å². The lowest BCUT2D eigenvalue weighted by Crippen LogP contribution is -2.33. The van der Waals surface area contributed by atoms with Gasteiger partial charge in [-0.3, -0.25) is 9.59 Å². The number of ether oxygens (including phenoxy) is 1. The second-order valence-electron chi connectivity index (χ2n) is 6.08. The third kappa shape index (κ3) is 5.49. The molecular weight excluding hydrogens is 352 g/mol. The molecule has 0 heterocycles. The number of aryl methyl sites for hydroxylation is 1. The molecule has 0 spiro atoms. The van der Waals surface area contributed by atoms with Crippen LogP contribution < -0.4 is 15.4 Å². The summed E-state index contributed by atoms with van der Waals surface area (Å²) in [6.07, 6.45) is 0.828. The molecule has 0 saturated heterocycles. The minimum absolute atomic E-state index is 0.0578. The molecule has 0 aliphatic carbocycles. The average molecular weight is 375 g/mol. The zero-order valence-electron chi connectivity index (χ0n) is 15.1. The number of benzene rings is 2. The van der Waals surface area contributed by atoms with E-state index in [4.69, 9.17) is 16.3 Å². The minimum atomic E-state index is -0.344. The van der Waals surface area contributed by atoms with Gasteiger partial charge in [0, 0.05) is 11.1 Å². The van der Waals surface area contributed by atoms with Gasteiger partial charge in [-0.2, -0.15) is 0 Å². The molecule has 0 aliphatic heterocycles. The number of anilines is 1. The van der Waals surface area contributed by atoms with Gasteiger partial charge in [0.1, 0.15) is 5.75 Å². The molecule has 2 amide bonds. The monoisotopic (exact) mass is 374 g/mol. The summed E-state index contributed by atoms with van der Waals surface area (Å²) in [5.41, 5.74) is 1.72. The van der Waals surface area contributed by atoms with Crippen LogP contribution in [-0.4, -0.2) is 24.5 Å². The van der Waals surface area contributed by atoms with Gasteiger partial charge in [-0.15, -0.1) is 0 Å². The van der Waals surface area contributed by atoms with Gasteiger partial charge in [-0.05, 0) is 56.2 Å². The second kappa shape index (κ2) is 9.25. The molecule has 2 aromatic carbocycles. The van der Waals surface area contributed by atoms with Crippen LogP contribution >= 0.6 is 11.6 Å². The van der Waals surface area contributed by atoms with Crippen molar-refractivity contribution < 1.29 is 14.3 Å². The Morgan fingerprint density at radius 3 is 2.62 bits per heavy atom. The van der Waals surface area contributed by atoms with E-state index in [9.17, 15) is 9.59 Å². The van der Waals surface area contributed by atoms with E-state index in [1.54, 1.807) is 42.5 Å². The van der Waals surface area contributed by atoms with Crippen LogP contribution in [0.3, 0.4) is 0 Å². The first-order chi connectivity index (χ1) is 12.4. The SMILES string of the molecule is CCC(C)NC(=O)c1ccccc1NC(=O)COc1ccc(Cl)cc1C. The zero-order valence-corrected chi connectivity index (χ0v) is 15.9. The first-order valence-corrected chi connectivity index (χ1v) is 8.87. The van der Waals surface area contributed by atoms with Crippen molar-refractivity contribution in [3.63, 3.8) is 0 Å². The highest BCUT2D eigenvalue weighted by molar-refractivity contribution is 6.30. The lowest BCUT2D eigenvalue weighted by Gasteiger charge is -2.15. The molecule has 0 bridgehead atoms. The third-order valence-electron chi connectivity index (χ3n) is 3.93. The van der Waals surface area contributed by atoms with E-state index < -0.39 is 0 Å². The van der Waals surface area contributed by atoms with Gasteiger partial charge in [0.25, 0.3) is 11.8 Å². The predicted octanol–water partition coefficient (Wildman–Crippen LogP) is 4.19. The normalized spacial score (nSPS) is 11.5. The van der Waals surface area contributed by atoms with Crippen LogP contribution in [-0.2, 0) is 4.79 Å². The maximum Gasteiger partial charge on any atom is 0.262 e. The molecular formula is C20H23ClN2O3. The highest BCUT2D eigenvalue weighted by Gasteiger charge is 2.15. The van der Waals surface area contributed by atoms with Crippen LogP contribution in [0.2, 0.25) is 5.02 Å². The molecule has 6 heteroatoms. The van der Waals surface area contributed by atoms with Gasteiger partial charge in [-0.25, -0.2) is 0 Å². The largest absolute Gasteiger partial charge is 0.483 e. The Labute approximate surface area is 158 Å². The highest BCUT2D eigenvalue weighted by atomic mass is 35.5. The molecule has 0 radical (unpaired) electrons. The van der Waals surface area contributed by atoms with Crippen molar-refractivity contribution in [3.8, 4) is 5.75 Å². The van der Waals surface area contributed by atoms with E-state index in [1.807, 2.05) is 20.8 Å². The van der Waals surface area contributed by atoms with E-state index in [0.29, 0.717) is 22.0 Å². The van der Waals surface area contributed by atoms with Crippen molar-refractivity contribution in [1.29, 1.82) is 0 Å². The van der Waals surface area contributed by atoms with Gasteiger partial charge < -0.3 is 15.4 Å². The van der Waals surface area contributed by atoms with Crippen molar-refractivity contribution in [2.45, 2.75) is 33.2 Å². The number of amides is 2. The summed E-state index contributed by atoms with van der Waals surface area (Å²) in [7, 11) is 0. The smallest absolute Gasteiger partial charge is 0.262 e. The third-order valence-corrected chi connectivity index (χ3v) is 4.17. The molecule has 2 aromatic rings. The summed E-state index contributed by atoms with van der Waals surface area (Å²) in [5, 5.41) is 6.24. The maximum absolute atomic E-state index is 12.4. The van der Waals surface area contributed by atoms with E-state index in [0.717, 1.165) is 12.0 Å². The Hall–Kier alpha value is -2.53. The lowest BCUT2D eigenvalue weighted by molar-refractivity contribution is -0.118. The Bertz CT molecular complexity index is 792. The number of rotatable bonds is 7. The summed E-state index contributed by atoms with van der Waals surface area (Å²) in [4.78, 5) is 24.6. The van der Waals surface area contributed by atoms with Crippen LogP contribution in [0.4, 0.5) is 5.69 Å². The molecule has 0 saturated carbocycles. The van der Waals surface area contributed by atoms with Crippen molar-refractivity contribution in [2.75, 3.05) is 11.9 Å². The molecule has 5 nitrogen and oxygen atoms in total. The molecule has 0 aliphatic rings. The fourth-order valence-corrected chi connectivity index (χ4v) is 2.52. The quantitative estimate of drug-likeness (QED) is 0.763. The van der Waals surface area contributed by atoms with E-state index in [1.165, 1.54) is 0 Å². The van der Waals surface area contributed by atoms with Crippen molar-refractivity contribution in [1.82, 2.24) is 5.32 Å². The standard InChI is InChI=1S/C20H23ClN2O3/c1-4-14(3)22-20(25)16-7-5-6-8-17(16)23-19(24)12-26-18-10-9-15(21)11-13(18)2/h5-11,14H,4,12H2,1-3H3,(H,22,25)(H,23,24). The average Bonchev–Trinajstić information content (AvgIpc) is 2.61. The summed E-state index contributed by atoms with van der Waals surface area (Å²) in [6.45, 7) is 5.62. The lowest BCUT2D eigenvalue weighted by atomic mass is 10.1. The van der Waals surface area contributed by atoms with E-state index >= 15 is 0 Å². The second-order valence-corrected chi connectivity index (χ2v) is 6.51. The predicted molar refractivity (Wildman–Crippen MR) is 104 cm³/mol. The first-order valence-electron chi connectivity index (χ1n) is 8.49. The highest BCUT2D eigenvalue weighted by Crippen LogP contribution is 2.22. The fraction of sp³-hybridized carbons (Fsp3) is 0.300. The number of carbonyl (C=O) groups is 2. The first kappa shape index (κ1) is 19.8. The summed E-state index contributed by atoms with van der Waals surface area (Å²) in [5.74, 6) is 0.0280. The summed E-state index contributed by atoms with van der Waals surface area (Å²) < 4.78 is 5.54. The molecule has 0 fully saturated rings. The fourth-order valence-electron chi connectivity index (χ4n) is 2.30. The number of hydrogen-bond acceptors (Lipinski definition) is 3. The van der Waals surface area contributed by atoms with Crippen LogP contribution in [0, 0.1) is 6.92 Å². The van der Waals surface area contributed by atoms with Crippen LogP contribution in [0.15, 0.2) is 42.5 Å². The van der Waals surface area contributed by atoms with Crippen LogP contribution in [0.25, 0.3) is 0 Å². The number of para-hydroxylation sites is 1. The Morgan fingerprint density at radius 1 is 1.19 bits per heavy atom. The Balaban J connectivity index is 2.01. The number of hydrogen-bond donors (Lipinski definition) is 2. The molecule has 138 valence electrons. The molecule has 2 N–H and O–H groups in total. The topological polar surface area (TPSA) is 67.4 Å². The molecule has 2 rings (SSSR count). The summed E-state index contributed by atoms with van der Waals surface area (Å²) >= 11 is 5.91. The molecule has 0 aromatic heterocycles. The zero-order chi connectivity index (χ0) is 19.1. The van der Waals surface area contributed by atoms with Gasteiger partial charge in [0.15, 0.2) is 6.61 Å². The molecule has 26 heavy (non-hydrogen) atoms. The minimum Gasteiger partial charge on any atom is -0.483 e. The molecule has 1 atom stereocenters. The van der Waals surface area contributed by atoms with Crippen LogP contribution in [0.5, 0.6) is 5.75 Å². The van der Waals surface area contributed by atoms with Gasteiger partial charge in [-0.1, -0.05) is 30.7 Å².